The van der Waals surface area contributed by atoms with Crippen LogP contribution in [0.4, 0.5) is 4.79 Å². The molecule has 0 rings (SSSR count). The van der Waals surface area contributed by atoms with Gasteiger partial charge in [-0.15, -0.1) is 0 Å². The molecule has 2 unspecified atom stereocenters. The number of carbonyl (C=O) groups is 2. The SMILES string of the molecule is CCC(NC(=O)NCC(C)(O)CC(=O)O)C(C)C. The summed E-state index contributed by atoms with van der Waals surface area (Å²) in [5, 5.41) is 23.6. The molecule has 0 aromatic heterocycles. The molecule has 0 saturated carbocycles. The summed E-state index contributed by atoms with van der Waals surface area (Å²) in [4.78, 5) is 22.1. The summed E-state index contributed by atoms with van der Waals surface area (Å²) >= 11 is 0. The number of carboxylic acid groups (broad SMARTS) is 1. The number of hydrogen-bond donors (Lipinski definition) is 4. The summed E-state index contributed by atoms with van der Waals surface area (Å²) in [6.45, 7) is 7.27. The molecule has 0 radical (unpaired) electrons. The highest BCUT2D eigenvalue weighted by Crippen LogP contribution is 2.08. The van der Waals surface area contributed by atoms with E-state index in [1.54, 1.807) is 0 Å². The zero-order valence-electron chi connectivity index (χ0n) is 11.5. The Morgan fingerprint density at radius 3 is 2.28 bits per heavy atom. The van der Waals surface area contributed by atoms with E-state index in [9.17, 15) is 14.7 Å². The van der Waals surface area contributed by atoms with Crippen LogP contribution in [-0.4, -0.2) is 40.4 Å². The van der Waals surface area contributed by atoms with Crippen LogP contribution in [0.25, 0.3) is 0 Å². The lowest BCUT2D eigenvalue weighted by Crippen LogP contribution is -2.49. The molecule has 2 atom stereocenters. The Morgan fingerprint density at radius 2 is 1.89 bits per heavy atom. The first-order valence-electron chi connectivity index (χ1n) is 6.16. The van der Waals surface area contributed by atoms with Crippen molar-refractivity contribution in [2.75, 3.05) is 6.54 Å². The van der Waals surface area contributed by atoms with Gasteiger partial charge in [0.2, 0.25) is 0 Å². The van der Waals surface area contributed by atoms with Gasteiger partial charge in [-0.25, -0.2) is 4.79 Å². The van der Waals surface area contributed by atoms with Crippen molar-refractivity contribution < 1.29 is 19.8 Å². The van der Waals surface area contributed by atoms with Crippen molar-refractivity contribution in [1.29, 1.82) is 0 Å². The fraction of sp³-hybridized carbons (Fsp3) is 0.833. The largest absolute Gasteiger partial charge is 0.481 e. The van der Waals surface area contributed by atoms with Crippen LogP contribution in [0.2, 0.25) is 0 Å². The summed E-state index contributed by atoms with van der Waals surface area (Å²) in [6.07, 6.45) is 0.408. The molecule has 106 valence electrons. The van der Waals surface area contributed by atoms with E-state index in [4.69, 9.17) is 5.11 Å². The Bertz CT molecular complexity index is 290. The number of urea groups is 1. The normalized spacial score (nSPS) is 15.9. The second-order valence-electron chi connectivity index (χ2n) is 5.15. The number of hydrogen-bond acceptors (Lipinski definition) is 3. The minimum absolute atomic E-state index is 0.0643. The van der Waals surface area contributed by atoms with E-state index in [1.807, 2.05) is 20.8 Å². The van der Waals surface area contributed by atoms with Crippen LogP contribution >= 0.6 is 0 Å². The van der Waals surface area contributed by atoms with Gasteiger partial charge in [0.15, 0.2) is 0 Å². The molecular weight excluding hydrogens is 236 g/mol. The highest BCUT2D eigenvalue weighted by atomic mass is 16.4. The van der Waals surface area contributed by atoms with Gasteiger partial charge in [-0.2, -0.15) is 0 Å². The van der Waals surface area contributed by atoms with E-state index < -0.39 is 18.0 Å². The number of aliphatic carboxylic acids is 1. The van der Waals surface area contributed by atoms with E-state index in [1.165, 1.54) is 6.92 Å². The summed E-state index contributed by atoms with van der Waals surface area (Å²) < 4.78 is 0. The van der Waals surface area contributed by atoms with E-state index in [-0.39, 0.29) is 18.6 Å². The van der Waals surface area contributed by atoms with Crippen molar-refractivity contribution in [1.82, 2.24) is 10.6 Å². The standard InChI is InChI=1S/C12H24N2O4/c1-5-9(8(2)3)14-11(17)13-7-12(4,18)6-10(15)16/h8-9,18H,5-7H2,1-4H3,(H,15,16)(H2,13,14,17). The topological polar surface area (TPSA) is 98.7 Å². The van der Waals surface area contributed by atoms with Gasteiger partial charge in [0.1, 0.15) is 0 Å². The lowest BCUT2D eigenvalue weighted by Gasteiger charge is -2.24. The Morgan fingerprint density at radius 1 is 1.33 bits per heavy atom. The molecule has 0 spiro atoms. The summed E-state index contributed by atoms with van der Waals surface area (Å²) in [5.74, 6) is -0.781. The average Bonchev–Trinajstić information content (AvgIpc) is 2.21. The average molecular weight is 260 g/mol. The molecule has 0 fully saturated rings. The van der Waals surface area contributed by atoms with Crippen LogP contribution in [0, 0.1) is 5.92 Å². The molecule has 18 heavy (non-hydrogen) atoms. The van der Waals surface area contributed by atoms with Gasteiger partial charge in [0, 0.05) is 12.6 Å². The van der Waals surface area contributed by atoms with Crippen LogP contribution in [-0.2, 0) is 4.79 Å². The van der Waals surface area contributed by atoms with Gasteiger partial charge in [-0.05, 0) is 19.3 Å². The molecule has 0 saturated heterocycles. The Kier molecular flexibility index (Phi) is 6.68. The fourth-order valence-corrected chi connectivity index (χ4v) is 1.62. The quantitative estimate of drug-likeness (QED) is 0.547. The lowest BCUT2D eigenvalue weighted by atomic mass is 10.0. The van der Waals surface area contributed by atoms with Crippen molar-refractivity contribution >= 4 is 12.0 Å². The predicted octanol–water partition coefficient (Wildman–Crippen LogP) is 0.946. The van der Waals surface area contributed by atoms with Crippen LogP contribution < -0.4 is 10.6 Å². The third kappa shape index (κ3) is 7.11. The molecule has 0 aromatic carbocycles. The van der Waals surface area contributed by atoms with E-state index in [2.05, 4.69) is 10.6 Å². The van der Waals surface area contributed by atoms with E-state index in [0.717, 1.165) is 6.42 Å². The molecule has 2 amide bonds. The van der Waals surface area contributed by atoms with Gasteiger partial charge in [-0.1, -0.05) is 20.8 Å². The third-order valence-electron chi connectivity index (χ3n) is 2.72. The summed E-state index contributed by atoms with van der Waals surface area (Å²) in [7, 11) is 0. The van der Waals surface area contributed by atoms with Crippen LogP contribution in [0.3, 0.4) is 0 Å². The van der Waals surface area contributed by atoms with Gasteiger partial charge in [0.25, 0.3) is 0 Å². The Hall–Kier alpha value is -1.30. The molecule has 0 aromatic rings. The van der Waals surface area contributed by atoms with Crippen LogP contribution in [0.5, 0.6) is 0 Å². The van der Waals surface area contributed by atoms with E-state index >= 15 is 0 Å². The number of carboxylic acids is 1. The predicted molar refractivity (Wildman–Crippen MR) is 68.3 cm³/mol. The van der Waals surface area contributed by atoms with Crippen molar-refractivity contribution in [2.45, 2.75) is 52.2 Å². The molecule has 0 aliphatic carbocycles. The number of rotatable bonds is 7. The minimum Gasteiger partial charge on any atom is -0.481 e. The summed E-state index contributed by atoms with van der Waals surface area (Å²) in [6, 6.07) is -0.323. The minimum atomic E-state index is -1.44. The Labute approximate surface area is 108 Å². The molecule has 0 bridgehead atoms. The molecule has 4 N–H and O–H groups in total. The maximum atomic E-state index is 11.6. The maximum absolute atomic E-state index is 11.6. The maximum Gasteiger partial charge on any atom is 0.315 e. The smallest absolute Gasteiger partial charge is 0.315 e. The lowest BCUT2D eigenvalue weighted by molar-refractivity contribution is -0.141. The highest BCUT2D eigenvalue weighted by molar-refractivity contribution is 5.74. The third-order valence-corrected chi connectivity index (χ3v) is 2.72. The van der Waals surface area contributed by atoms with Crippen molar-refractivity contribution in [3.8, 4) is 0 Å². The summed E-state index contributed by atoms with van der Waals surface area (Å²) in [5.41, 5.74) is -1.44. The first-order chi connectivity index (χ1) is 8.18. The van der Waals surface area contributed by atoms with Crippen molar-refractivity contribution in [3.63, 3.8) is 0 Å². The molecular formula is C12H24N2O4. The number of aliphatic hydroxyl groups is 1. The zero-order valence-corrected chi connectivity index (χ0v) is 11.5. The van der Waals surface area contributed by atoms with E-state index in [0.29, 0.717) is 5.92 Å². The second kappa shape index (κ2) is 7.20. The molecule has 0 aliphatic rings. The second-order valence-corrected chi connectivity index (χ2v) is 5.15. The van der Waals surface area contributed by atoms with Crippen molar-refractivity contribution in [3.05, 3.63) is 0 Å². The highest BCUT2D eigenvalue weighted by Gasteiger charge is 2.25. The number of amides is 2. The van der Waals surface area contributed by atoms with Crippen LogP contribution in [0.1, 0.15) is 40.5 Å². The molecule has 0 heterocycles. The van der Waals surface area contributed by atoms with Crippen LogP contribution in [0.15, 0.2) is 0 Å². The first-order valence-corrected chi connectivity index (χ1v) is 6.16. The zero-order chi connectivity index (χ0) is 14.3. The van der Waals surface area contributed by atoms with Gasteiger partial charge < -0.3 is 20.8 Å². The van der Waals surface area contributed by atoms with Gasteiger partial charge in [0.05, 0.1) is 12.0 Å². The van der Waals surface area contributed by atoms with Gasteiger partial charge in [-0.3, -0.25) is 4.79 Å². The Balaban J connectivity index is 4.14. The molecule has 0 aliphatic heterocycles. The molecule has 6 heteroatoms. The fourth-order valence-electron chi connectivity index (χ4n) is 1.62. The molecule has 6 nitrogen and oxygen atoms in total. The van der Waals surface area contributed by atoms with Gasteiger partial charge >= 0.3 is 12.0 Å². The number of carbonyl (C=O) groups excluding carboxylic acids is 1. The number of nitrogens with one attached hydrogen (secondary N) is 2. The monoisotopic (exact) mass is 260 g/mol. The first kappa shape index (κ1) is 16.7. The van der Waals surface area contributed by atoms with Crippen molar-refractivity contribution in [2.24, 2.45) is 5.92 Å².